The highest BCUT2D eigenvalue weighted by Crippen LogP contribution is 2.35. The second-order valence-electron chi connectivity index (χ2n) is 9.88. The zero-order valence-electron chi connectivity index (χ0n) is 22.6. The smallest absolute Gasteiger partial charge is 0.251 e. The lowest BCUT2D eigenvalue weighted by Crippen LogP contribution is -2.17. The van der Waals surface area contributed by atoms with Crippen LogP contribution in [0.15, 0.2) is 71.9 Å². The number of aliphatic imine (C=N–C) groups is 1. The molecule has 0 atom stereocenters. The first-order chi connectivity index (χ1) is 19.3. The van der Waals surface area contributed by atoms with Crippen molar-refractivity contribution in [1.82, 2.24) is 20.2 Å². The lowest BCUT2D eigenvalue weighted by Gasteiger charge is -2.16. The molecule has 1 amide bonds. The molecule has 0 saturated heterocycles. The summed E-state index contributed by atoms with van der Waals surface area (Å²) in [5.41, 5.74) is 6.33. The molecule has 0 fully saturated rings. The van der Waals surface area contributed by atoms with E-state index in [1.165, 1.54) is 6.07 Å². The van der Waals surface area contributed by atoms with E-state index < -0.39 is 0 Å². The highest BCUT2D eigenvalue weighted by atomic mass is 35.5. The highest BCUT2D eigenvalue weighted by Gasteiger charge is 2.25. The molecule has 1 aromatic heterocycles. The van der Waals surface area contributed by atoms with Crippen molar-refractivity contribution in [2.45, 2.75) is 19.4 Å². The normalized spacial score (nSPS) is 12.3. The Bertz CT molecular complexity index is 1590. The molecule has 9 heteroatoms. The summed E-state index contributed by atoms with van der Waals surface area (Å²) >= 11 is 6.46. The number of rotatable bonds is 8. The number of hydrogen-bond donors (Lipinski definition) is 2. The second kappa shape index (κ2) is 11.9. The molecular formula is C31H30ClFN6O. The van der Waals surface area contributed by atoms with E-state index >= 15 is 4.39 Å². The molecule has 40 heavy (non-hydrogen) atoms. The number of halogens is 2. The van der Waals surface area contributed by atoms with Gasteiger partial charge in [0.05, 0.1) is 18.0 Å². The molecular weight excluding hydrogens is 527 g/mol. The molecule has 7 nitrogen and oxygen atoms in total. The van der Waals surface area contributed by atoms with E-state index in [0.717, 1.165) is 47.3 Å². The Morgan fingerprint density at radius 2 is 1.88 bits per heavy atom. The van der Waals surface area contributed by atoms with E-state index in [-0.39, 0.29) is 11.7 Å². The number of carbonyl (C=O) groups excluding carboxylic acids is 1. The number of aromatic nitrogens is 2. The molecule has 0 aliphatic carbocycles. The highest BCUT2D eigenvalue weighted by molar-refractivity contribution is 6.31. The van der Waals surface area contributed by atoms with Gasteiger partial charge in [-0.3, -0.25) is 9.79 Å². The Kier molecular flexibility index (Phi) is 8.19. The van der Waals surface area contributed by atoms with Crippen LogP contribution in [0.1, 0.15) is 39.0 Å². The second-order valence-corrected chi connectivity index (χ2v) is 10.3. The van der Waals surface area contributed by atoms with Crippen LogP contribution >= 0.6 is 11.6 Å². The molecule has 2 N–H and O–H groups in total. The fraction of sp³-hybridized carbons (Fsp3) is 0.226. The van der Waals surface area contributed by atoms with Gasteiger partial charge in [0.25, 0.3) is 5.91 Å². The average Bonchev–Trinajstić information content (AvgIpc) is 3.09. The molecule has 0 bridgehead atoms. The zero-order valence-corrected chi connectivity index (χ0v) is 23.4. The van der Waals surface area contributed by atoms with Crippen LogP contribution in [-0.4, -0.2) is 54.2 Å². The molecule has 1 aliphatic rings. The summed E-state index contributed by atoms with van der Waals surface area (Å²) < 4.78 is 15.5. The Hall–Kier alpha value is -4.14. The number of anilines is 2. The maximum Gasteiger partial charge on any atom is 0.251 e. The van der Waals surface area contributed by atoms with Gasteiger partial charge in [-0.15, -0.1) is 0 Å². The molecule has 1 aliphatic heterocycles. The first-order valence-electron chi connectivity index (χ1n) is 13.1. The van der Waals surface area contributed by atoms with Crippen LogP contribution in [0.3, 0.4) is 0 Å². The number of nitrogens with one attached hydrogen (secondary N) is 2. The molecule has 4 aromatic rings. The first-order valence-corrected chi connectivity index (χ1v) is 13.4. The fourth-order valence-electron chi connectivity index (χ4n) is 4.80. The number of aryl methyl sites for hydroxylation is 1. The van der Waals surface area contributed by atoms with Crippen LogP contribution < -0.4 is 10.6 Å². The number of benzene rings is 3. The van der Waals surface area contributed by atoms with Crippen molar-refractivity contribution in [3.05, 3.63) is 106 Å². The Morgan fingerprint density at radius 1 is 1.07 bits per heavy atom. The topological polar surface area (TPSA) is 82.5 Å². The van der Waals surface area contributed by atoms with Crippen LogP contribution in [0, 0.1) is 5.82 Å². The van der Waals surface area contributed by atoms with Gasteiger partial charge in [0, 0.05) is 51.8 Å². The third-order valence-electron chi connectivity index (χ3n) is 6.78. The lowest BCUT2D eigenvalue weighted by atomic mass is 9.91. The van der Waals surface area contributed by atoms with Crippen LogP contribution in [-0.2, 0) is 13.0 Å². The summed E-state index contributed by atoms with van der Waals surface area (Å²) in [5.74, 6) is -0.0766. The largest absolute Gasteiger partial charge is 0.355 e. The monoisotopic (exact) mass is 556 g/mol. The number of hydrogen-bond acceptors (Lipinski definition) is 6. The Balaban J connectivity index is 1.53. The van der Waals surface area contributed by atoms with Gasteiger partial charge >= 0.3 is 0 Å². The molecule has 2 heterocycles. The quantitative estimate of drug-likeness (QED) is 0.283. The zero-order chi connectivity index (χ0) is 28.2. The van der Waals surface area contributed by atoms with Crippen molar-refractivity contribution < 1.29 is 9.18 Å². The van der Waals surface area contributed by atoms with Crippen molar-refractivity contribution in [3.8, 4) is 11.3 Å². The molecule has 5 rings (SSSR count). The SMILES string of the molecule is CNC(=O)c1ccc(Nc2ncc3c(n2)-c2ccc(Cl)cc2C(c2c(F)cccc2CCCN(C)C)=NC3)cc1. The average molecular weight is 557 g/mol. The number of fused-ring (bicyclic) bond motifs is 3. The molecule has 0 unspecified atom stereocenters. The van der Waals surface area contributed by atoms with Gasteiger partial charge in [0.15, 0.2) is 0 Å². The van der Waals surface area contributed by atoms with Gasteiger partial charge in [-0.05, 0) is 81.5 Å². The molecule has 0 radical (unpaired) electrons. The number of amides is 1. The first kappa shape index (κ1) is 27.4. The van der Waals surface area contributed by atoms with Gasteiger partial charge in [0.1, 0.15) is 5.82 Å². The van der Waals surface area contributed by atoms with E-state index in [4.69, 9.17) is 21.6 Å². The van der Waals surface area contributed by atoms with E-state index in [9.17, 15) is 4.79 Å². The summed E-state index contributed by atoms with van der Waals surface area (Å²) in [5, 5.41) is 6.35. The van der Waals surface area contributed by atoms with Crippen molar-refractivity contribution in [2.75, 3.05) is 33.0 Å². The van der Waals surface area contributed by atoms with Gasteiger partial charge in [-0.2, -0.15) is 0 Å². The maximum atomic E-state index is 15.5. The molecule has 3 aromatic carbocycles. The third-order valence-corrected chi connectivity index (χ3v) is 7.02. The van der Waals surface area contributed by atoms with Crippen LogP contribution in [0.4, 0.5) is 16.0 Å². The van der Waals surface area contributed by atoms with E-state index in [2.05, 4.69) is 20.5 Å². The minimum atomic E-state index is -0.313. The predicted molar refractivity (Wildman–Crippen MR) is 158 cm³/mol. The Labute approximate surface area is 238 Å². The maximum absolute atomic E-state index is 15.5. The molecule has 0 spiro atoms. The van der Waals surface area contributed by atoms with E-state index in [1.807, 2.05) is 32.3 Å². The summed E-state index contributed by atoms with van der Waals surface area (Å²) in [7, 11) is 5.65. The minimum Gasteiger partial charge on any atom is -0.355 e. The van der Waals surface area contributed by atoms with Crippen LogP contribution in [0.25, 0.3) is 11.3 Å². The molecule has 0 saturated carbocycles. The summed E-state index contributed by atoms with van der Waals surface area (Å²) in [6.07, 6.45) is 3.36. The summed E-state index contributed by atoms with van der Waals surface area (Å²) in [4.78, 5) is 28.2. The van der Waals surface area contributed by atoms with E-state index in [0.29, 0.717) is 40.0 Å². The van der Waals surface area contributed by atoms with Crippen LogP contribution in [0.2, 0.25) is 5.02 Å². The van der Waals surface area contributed by atoms with E-state index in [1.54, 1.807) is 49.6 Å². The summed E-state index contributed by atoms with van der Waals surface area (Å²) in [6.45, 7) is 1.19. The molecule has 204 valence electrons. The van der Waals surface area contributed by atoms with Gasteiger partial charge in [-0.1, -0.05) is 29.8 Å². The minimum absolute atomic E-state index is 0.158. The van der Waals surface area contributed by atoms with Crippen molar-refractivity contribution in [1.29, 1.82) is 0 Å². The fourth-order valence-corrected chi connectivity index (χ4v) is 4.98. The summed E-state index contributed by atoms with van der Waals surface area (Å²) in [6, 6.07) is 17.8. The third kappa shape index (κ3) is 5.88. The number of carbonyl (C=O) groups is 1. The van der Waals surface area contributed by atoms with Crippen LogP contribution in [0.5, 0.6) is 0 Å². The van der Waals surface area contributed by atoms with Gasteiger partial charge in [0.2, 0.25) is 5.95 Å². The van der Waals surface area contributed by atoms with Gasteiger partial charge < -0.3 is 15.5 Å². The van der Waals surface area contributed by atoms with Crippen molar-refractivity contribution in [2.24, 2.45) is 4.99 Å². The number of nitrogens with zero attached hydrogens (tertiary/aromatic N) is 4. The predicted octanol–water partition coefficient (Wildman–Crippen LogP) is 5.88. The van der Waals surface area contributed by atoms with Crippen molar-refractivity contribution in [3.63, 3.8) is 0 Å². The Morgan fingerprint density at radius 3 is 2.62 bits per heavy atom. The van der Waals surface area contributed by atoms with Crippen molar-refractivity contribution >= 4 is 34.9 Å². The lowest BCUT2D eigenvalue weighted by molar-refractivity contribution is 0.0963. The van der Waals surface area contributed by atoms with Gasteiger partial charge in [-0.25, -0.2) is 14.4 Å². The standard InChI is InChI=1S/C31H30ClFN6O/c1-34-30(40)20-9-12-23(13-10-20)37-31-36-18-21-17-35-29(25-16-22(32)11-14-24(25)28(21)38-31)27-19(6-4-8-26(27)33)7-5-15-39(2)3/h4,6,8-14,16,18H,5,7,15,17H2,1-3H3,(H,34,40)(H,36,37,38).